The highest BCUT2D eigenvalue weighted by atomic mass is 16.2. The molecule has 1 rings (SSSR count). The molecule has 1 amide bonds. The number of nitrogens with one attached hydrogen (secondary N) is 1. The largest absolute Gasteiger partial charge is 0.398 e. The van der Waals surface area contributed by atoms with Crippen molar-refractivity contribution >= 4 is 17.3 Å². The molecule has 0 aliphatic rings. The van der Waals surface area contributed by atoms with Crippen LogP contribution in [0.25, 0.3) is 0 Å². The summed E-state index contributed by atoms with van der Waals surface area (Å²) in [5.41, 5.74) is 8.09. The molecule has 0 aliphatic carbocycles. The van der Waals surface area contributed by atoms with Gasteiger partial charge in [0.1, 0.15) is 0 Å². The van der Waals surface area contributed by atoms with E-state index in [0.29, 0.717) is 18.7 Å². The second-order valence-electron chi connectivity index (χ2n) is 4.72. The van der Waals surface area contributed by atoms with Crippen LogP contribution in [0.5, 0.6) is 0 Å². The van der Waals surface area contributed by atoms with Crippen LogP contribution >= 0.6 is 0 Å². The average Bonchev–Trinajstić information content (AvgIpc) is 2.44. The number of hydrogen-bond acceptors (Lipinski definition) is 4. The molecule has 1 atom stereocenters. The lowest BCUT2D eigenvalue weighted by Crippen LogP contribution is -2.42. The predicted molar refractivity (Wildman–Crippen MR) is 81.2 cm³/mol. The van der Waals surface area contributed by atoms with Gasteiger partial charge in [-0.05, 0) is 38.1 Å². The fraction of sp³-hybridized carbons (Fsp3) is 0.467. The van der Waals surface area contributed by atoms with E-state index in [0.717, 1.165) is 17.8 Å². The Balaban J connectivity index is 2.74. The van der Waals surface area contributed by atoms with Crippen LogP contribution in [0, 0.1) is 18.3 Å². The zero-order chi connectivity index (χ0) is 15.1. The van der Waals surface area contributed by atoms with Crippen LogP contribution in [-0.2, 0) is 4.79 Å². The minimum absolute atomic E-state index is 0.0847. The molecule has 1 aromatic carbocycles. The standard InChI is InChI=1S/C15H22N4O/c1-4-19(10-6-9-16)12(3)15(20)18-14-8-5-7-13(17)11(14)2/h5,7-8,12H,4,6,10,17H2,1-3H3,(H,18,20). The summed E-state index contributed by atoms with van der Waals surface area (Å²) in [6.07, 6.45) is 0.419. The third kappa shape index (κ3) is 3.97. The van der Waals surface area contributed by atoms with E-state index in [2.05, 4.69) is 11.4 Å². The topological polar surface area (TPSA) is 82.2 Å². The normalized spacial score (nSPS) is 11.9. The van der Waals surface area contributed by atoms with E-state index >= 15 is 0 Å². The number of nitrogen functional groups attached to an aromatic ring is 1. The van der Waals surface area contributed by atoms with E-state index in [9.17, 15) is 4.79 Å². The lowest BCUT2D eigenvalue weighted by molar-refractivity contribution is -0.120. The molecule has 0 bridgehead atoms. The number of amides is 1. The number of carbonyl (C=O) groups is 1. The number of anilines is 2. The fourth-order valence-electron chi connectivity index (χ4n) is 2.01. The maximum Gasteiger partial charge on any atom is 0.241 e. The van der Waals surface area contributed by atoms with Gasteiger partial charge in [-0.15, -0.1) is 0 Å². The van der Waals surface area contributed by atoms with Gasteiger partial charge in [0.2, 0.25) is 5.91 Å². The van der Waals surface area contributed by atoms with Gasteiger partial charge >= 0.3 is 0 Å². The summed E-state index contributed by atoms with van der Waals surface area (Å²) in [7, 11) is 0. The molecule has 3 N–H and O–H groups in total. The van der Waals surface area contributed by atoms with Crippen LogP contribution in [0.3, 0.4) is 0 Å². The number of carbonyl (C=O) groups excluding carboxylic acids is 1. The molecule has 0 fully saturated rings. The molecular weight excluding hydrogens is 252 g/mol. The van der Waals surface area contributed by atoms with Crippen LogP contribution < -0.4 is 11.1 Å². The average molecular weight is 274 g/mol. The van der Waals surface area contributed by atoms with Gasteiger partial charge in [0, 0.05) is 24.3 Å². The van der Waals surface area contributed by atoms with Crippen LogP contribution in [0.15, 0.2) is 18.2 Å². The molecule has 1 aromatic rings. The number of rotatable bonds is 6. The molecular formula is C15H22N4O. The molecule has 0 aliphatic heterocycles. The van der Waals surface area contributed by atoms with Crippen molar-refractivity contribution < 1.29 is 4.79 Å². The molecule has 0 saturated carbocycles. The van der Waals surface area contributed by atoms with Gasteiger partial charge in [0.05, 0.1) is 12.1 Å². The first-order valence-corrected chi connectivity index (χ1v) is 6.78. The molecule has 0 saturated heterocycles. The molecule has 0 heterocycles. The summed E-state index contributed by atoms with van der Waals surface area (Å²) in [5, 5.41) is 11.5. The van der Waals surface area contributed by atoms with Crippen LogP contribution in [-0.4, -0.2) is 29.9 Å². The molecule has 108 valence electrons. The second kappa shape index (κ2) is 7.51. The quantitative estimate of drug-likeness (QED) is 0.779. The first-order valence-electron chi connectivity index (χ1n) is 6.78. The zero-order valence-corrected chi connectivity index (χ0v) is 12.3. The minimum atomic E-state index is -0.283. The minimum Gasteiger partial charge on any atom is -0.398 e. The van der Waals surface area contributed by atoms with Crippen LogP contribution in [0.2, 0.25) is 0 Å². The number of nitrogens with two attached hydrogens (primary N) is 1. The van der Waals surface area contributed by atoms with Gasteiger partial charge in [0.25, 0.3) is 0 Å². The summed E-state index contributed by atoms with van der Waals surface area (Å²) in [6, 6.07) is 7.28. The molecule has 0 spiro atoms. The Kier molecular flexibility index (Phi) is 6.01. The Hall–Kier alpha value is -2.06. The summed E-state index contributed by atoms with van der Waals surface area (Å²) in [5.74, 6) is -0.0847. The summed E-state index contributed by atoms with van der Waals surface area (Å²) in [6.45, 7) is 7.03. The molecule has 20 heavy (non-hydrogen) atoms. The fourth-order valence-corrected chi connectivity index (χ4v) is 2.01. The van der Waals surface area contributed by atoms with Crippen LogP contribution in [0.1, 0.15) is 25.8 Å². The second-order valence-corrected chi connectivity index (χ2v) is 4.72. The Labute approximate surface area is 120 Å². The number of nitrogens with zero attached hydrogens (tertiary/aromatic N) is 2. The number of likely N-dealkylation sites (N-methyl/N-ethyl adjacent to an activating group) is 1. The highest BCUT2D eigenvalue weighted by Crippen LogP contribution is 2.20. The van der Waals surface area contributed by atoms with Crippen molar-refractivity contribution in [3.05, 3.63) is 23.8 Å². The first-order chi connectivity index (χ1) is 9.51. The first kappa shape index (κ1) is 16.0. The third-order valence-electron chi connectivity index (χ3n) is 3.48. The van der Waals surface area contributed by atoms with Crippen molar-refractivity contribution in [2.24, 2.45) is 0 Å². The zero-order valence-electron chi connectivity index (χ0n) is 12.3. The number of hydrogen-bond donors (Lipinski definition) is 2. The Bertz CT molecular complexity index is 507. The molecule has 5 heteroatoms. The lowest BCUT2D eigenvalue weighted by Gasteiger charge is -2.26. The van der Waals surface area contributed by atoms with Crippen molar-refractivity contribution in [1.82, 2.24) is 4.90 Å². The molecule has 5 nitrogen and oxygen atoms in total. The van der Waals surface area contributed by atoms with E-state index in [1.54, 1.807) is 6.07 Å². The monoisotopic (exact) mass is 274 g/mol. The highest BCUT2D eigenvalue weighted by molar-refractivity contribution is 5.95. The predicted octanol–water partition coefficient (Wildman–Crippen LogP) is 2.14. The van der Waals surface area contributed by atoms with Gasteiger partial charge in [-0.2, -0.15) is 5.26 Å². The number of benzene rings is 1. The summed E-state index contributed by atoms with van der Waals surface area (Å²) >= 11 is 0. The van der Waals surface area contributed by atoms with E-state index in [1.807, 2.05) is 37.8 Å². The highest BCUT2D eigenvalue weighted by Gasteiger charge is 2.20. The Morgan fingerprint density at radius 3 is 2.85 bits per heavy atom. The van der Waals surface area contributed by atoms with Gasteiger partial charge in [-0.1, -0.05) is 13.0 Å². The van der Waals surface area contributed by atoms with Crippen molar-refractivity contribution in [3.63, 3.8) is 0 Å². The molecule has 0 radical (unpaired) electrons. The summed E-state index contributed by atoms with van der Waals surface area (Å²) < 4.78 is 0. The van der Waals surface area contributed by atoms with Crippen molar-refractivity contribution in [3.8, 4) is 6.07 Å². The van der Waals surface area contributed by atoms with E-state index in [4.69, 9.17) is 11.0 Å². The van der Waals surface area contributed by atoms with Gasteiger partial charge in [0.15, 0.2) is 0 Å². The maximum absolute atomic E-state index is 12.3. The molecule has 0 aromatic heterocycles. The van der Waals surface area contributed by atoms with Crippen molar-refractivity contribution in [2.45, 2.75) is 33.2 Å². The SMILES string of the molecule is CCN(CCC#N)C(C)C(=O)Nc1cccc(N)c1C. The maximum atomic E-state index is 12.3. The van der Waals surface area contributed by atoms with Gasteiger partial charge in [-0.25, -0.2) is 0 Å². The van der Waals surface area contributed by atoms with Crippen molar-refractivity contribution in [2.75, 3.05) is 24.1 Å². The summed E-state index contributed by atoms with van der Waals surface area (Å²) in [4.78, 5) is 14.2. The van der Waals surface area contributed by atoms with Crippen LogP contribution in [0.4, 0.5) is 11.4 Å². The number of nitriles is 1. The van der Waals surface area contributed by atoms with Crippen molar-refractivity contribution in [1.29, 1.82) is 5.26 Å². The Morgan fingerprint density at radius 2 is 2.25 bits per heavy atom. The van der Waals surface area contributed by atoms with E-state index in [-0.39, 0.29) is 11.9 Å². The van der Waals surface area contributed by atoms with E-state index < -0.39 is 0 Å². The third-order valence-corrected chi connectivity index (χ3v) is 3.48. The lowest BCUT2D eigenvalue weighted by atomic mass is 10.1. The Morgan fingerprint density at radius 1 is 1.55 bits per heavy atom. The molecule has 1 unspecified atom stereocenters. The van der Waals surface area contributed by atoms with Gasteiger partial charge < -0.3 is 11.1 Å². The smallest absolute Gasteiger partial charge is 0.241 e. The van der Waals surface area contributed by atoms with Gasteiger partial charge in [-0.3, -0.25) is 9.69 Å². The van der Waals surface area contributed by atoms with E-state index in [1.165, 1.54) is 0 Å².